The number of carbonyl (C=O) groups is 2. The average molecular weight is 571 g/mol. The number of benzene rings is 2. The number of hydrogen-bond donors (Lipinski definition) is 2. The van der Waals surface area contributed by atoms with Crippen molar-refractivity contribution in [3.8, 4) is 11.5 Å². The lowest BCUT2D eigenvalue weighted by atomic mass is 9.95. The molecule has 2 N–H and O–H groups in total. The number of aryl methyl sites for hydroxylation is 1. The Morgan fingerprint density at radius 2 is 1.90 bits per heavy atom. The van der Waals surface area contributed by atoms with E-state index in [1.54, 1.807) is 54.6 Å². The second kappa shape index (κ2) is 13.5. The number of hydrogen-bond acceptors (Lipinski definition) is 5. The first-order valence-electron chi connectivity index (χ1n) is 12.9. The topological polar surface area (TPSA) is 92.8 Å². The molecule has 1 aliphatic rings. The fourth-order valence-corrected chi connectivity index (χ4v) is 4.48. The molecule has 2 aromatic carbocycles. The number of para-hydroxylation sites is 1. The summed E-state index contributed by atoms with van der Waals surface area (Å²) < 4.78 is 11.8. The molecule has 0 fully saturated rings. The predicted octanol–water partition coefficient (Wildman–Crippen LogP) is 7.37. The normalized spacial score (nSPS) is 13.1. The predicted molar refractivity (Wildman–Crippen MR) is 163 cm³/mol. The first kappa shape index (κ1) is 29.2. The highest BCUT2D eigenvalue weighted by atomic mass is 35.5. The minimum absolute atomic E-state index is 0.105. The van der Waals surface area contributed by atoms with Crippen LogP contribution in [-0.2, 0) is 9.53 Å². The summed E-state index contributed by atoms with van der Waals surface area (Å²) in [6.07, 6.45) is 7.54. The van der Waals surface area contributed by atoms with Gasteiger partial charge in [-0.3, -0.25) is 9.78 Å². The SMILES string of the molecule is C=CC(=O)N1CC=C(/C(=C/c2c(Oc3ccc(NC(=O)Nc4ccccc4)c(Cl)c3)ccnc2C)C(=C)OC)CC1. The highest BCUT2D eigenvalue weighted by Gasteiger charge is 2.20. The molecule has 41 heavy (non-hydrogen) atoms. The molecule has 1 aromatic heterocycles. The Balaban J connectivity index is 1.57. The van der Waals surface area contributed by atoms with Gasteiger partial charge in [0, 0.05) is 47.9 Å². The van der Waals surface area contributed by atoms with Crippen LogP contribution in [0.25, 0.3) is 6.08 Å². The van der Waals surface area contributed by atoms with Crippen LogP contribution >= 0.6 is 11.6 Å². The second-order valence-corrected chi connectivity index (χ2v) is 9.56. The van der Waals surface area contributed by atoms with Gasteiger partial charge in [-0.2, -0.15) is 0 Å². The van der Waals surface area contributed by atoms with Crippen LogP contribution in [0.2, 0.25) is 5.02 Å². The van der Waals surface area contributed by atoms with E-state index in [-0.39, 0.29) is 5.91 Å². The summed E-state index contributed by atoms with van der Waals surface area (Å²) in [5, 5.41) is 5.82. The molecule has 0 bridgehead atoms. The van der Waals surface area contributed by atoms with Crippen molar-refractivity contribution in [1.82, 2.24) is 9.88 Å². The van der Waals surface area contributed by atoms with Crippen molar-refractivity contribution in [3.05, 3.63) is 119 Å². The maximum absolute atomic E-state index is 12.4. The number of aromatic nitrogens is 1. The number of rotatable bonds is 9. The van der Waals surface area contributed by atoms with Gasteiger partial charge in [0.2, 0.25) is 5.91 Å². The second-order valence-electron chi connectivity index (χ2n) is 9.15. The lowest BCUT2D eigenvalue weighted by Crippen LogP contribution is -2.33. The molecule has 8 nitrogen and oxygen atoms in total. The standard InChI is InChI=1S/C32H31ClN4O4/c1-5-31(38)37-17-14-23(15-18-37)27(22(3)40-4)20-26-21(2)34-16-13-30(26)41-25-11-12-29(28(33)19-25)36-32(39)35-24-9-7-6-8-10-24/h5-14,16,19-20H,1,3,15,17-18H2,2,4H3,(H2,35,36,39)/b27-20+. The van der Waals surface area contributed by atoms with E-state index in [9.17, 15) is 9.59 Å². The van der Waals surface area contributed by atoms with Crippen LogP contribution in [0.1, 0.15) is 17.7 Å². The molecule has 0 unspecified atom stereocenters. The van der Waals surface area contributed by atoms with Gasteiger partial charge in [-0.25, -0.2) is 4.79 Å². The van der Waals surface area contributed by atoms with E-state index in [1.165, 1.54) is 6.08 Å². The minimum Gasteiger partial charge on any atom is -0.497 e. The van der Waals surface area contributed by atoms with Crippen LogP contribution in [0.15, 0.2) is 103 Å². The number of anilines is 2. The number of allylic oxidation sites excluding steroid dienone is 1. The van der Waals surface area contributed by atoms with Crippen molar-refractivity contribution in [3.63, 3.8) is 0 Å². The molecule has 3 amide bonds. The quantitative estimate of drug-likeness (QED) is 0.159. The summed E-state index contributed by atoms with van der Waals surface area (Å²) in [6.45, 7) is 10.6. The molecule has 0 atom stereocenters. The third-order valence-electron chi connectivity index (χ3n) is 6.47. The lowest BCUT2D eigenvalue weighted by molar-refractivity contribution is -0.125. The maximum atomic E-state index is 12.4. The van der Waals surface area contributed by atoms with Crippen LogP contribution in [-0.4, -0.2) is 42.0 Å². The van der Waals surface area contributed by atoms with Crippen molar-refractivity contribution < 1.29 is 19.1 Å². The van der Waals surface area contributed by atoms with Crippen LogP contribution in [0.5, 0.6) is 11.5 Å². The van der Waals surface area contributed by atoms with E-state index in [0.717, 1.165) is 22.4 Å². The molecule has 0 radical (unpaired) electrons. The van der Waals surface area contributed by atoms with E-state index < -0.39 is 6.03 Å². The Morgan fingerprint density at radius 3 is 2.56 bits per heavy atom. The van der Waals surface area contributed by atoms with Gasteiger partial charge in [-0.1, -0.05) is 49.0 Å². The van der Waals surface area contributed by atoms with Crippen molar-refractivity contribution in [1.29, 1.82) is 0 Å². The van der Waals surface area contributed by atoms with E-state index in [2.05, 4.69) is 28.8 Å². The third kappa shape index (κ3) is 7.43. The first-order chi connectivity index (χ1) is 19.8. The van der Waals surface area contributed by atoms with Gasteiger partial charge in [0.05, 0.1) is 17.8 Å². The fourth-order valence-electron chi connectivity index (χ4n) is 4.26. The smallest absolute Gasteiger partial charge is 0.323 e. The molecule has 2 heterocycles. The average Bonchev–Trinajstić information content (AvgIpc) is 2.98. The minimum atomic E-state index is -0.413. The van der Waals surface area contributed by atoms with Crippen LogP contribution in [0, 0.1) is 6.92 Å². The van der Waals surface area contributed by atoms with Gasteiger partial charge in [0.1, 0.15) is 17.3 Å². The van der Waals surface area contributed by atoms with E-state index in [4.69, 9.17) is 21.1 Å². The zero-order chi connectivity index (χ0) is 29.4. The Hall–Kier alpha value is -4.82. The summed E-state index contributed by atoms with van der Waals surface area (Å²) in [6, 6.07) is 15.5. The Bertz CT molecular complexity index is 1530. The van der Waals surface area contributed by atoms with Crippen molar-refractivity contribution in [2.75, 3.05) is 30.8 Å². The van der Waals surface area contributed by atoms with Gasteiger partial charge < -0.3 is 25.0 Å². The highest BCUT2D eigenvalue weighted by Crippen LogP contribution is 2.35. The molecule has 3 aromatic rings. The number of amides is 3. The van der Waals surface area contributed by atoms with Crippen LogP contribution in [0.4, 0.5) is 16.2 Å². The molecule has 9 heteroatoms. The molecule has 210 valence electrons. The van der Waals surface area contributed by atoms with Gasteiger partial charge in [0.25, 0.3) is 0 Å². The van der Waals surface area contributed by atoms with Gasteiger partial charge >= 0.3 is 6.03 Å². The van der Waals surface area contributed by atoms with Crippen LogP contribution in [0.3, 0.4) is 0 Å². The molecule has 0 saturated carbocycles. The molecular weight excluding hydrogens is 540 g/mol. The maximum Gasteiger partial charge on any atom is 0.323 e. The Kier molecular flexibility index (Phi) is 9.60. The molecule has 1 aliphatic heterocycles. The largest absolute Gasteiger partial charge is 0.497 e. The number of halogens is 1. The van der Waals surface area contributed by atoms with Crippen molar-refractivity contribution >= 4 is 41.0 Å². The summed E-state index contributed by atoms with van der Waals surface area (Å²) in [4.78, 5) is 30.6. The summed E-state index contributed by atoms with van der Waals surface area (Å²) in [7, 11) is 1.57. The number of nitrogens with one attached hydrogen (secondary N) is 2. The van der Waals surface area contributed by atoms with E-state index in [1.807, 2.05) is 37.3 Å². The van der Waals surface area contributed by atoms with E-state index >= 15 is 0 Å². The zero-order valence-corrected chi connectivity index (χ0v) is 23.7. The van der Waals surface area contributed by atoms with Gasteiger partial charge in [0.15, 0.2) is 0 Å². The van der Waals surface area contributed by atoms with Crippen LogP contribution < -0.4 is 15.4 Å². The number of methoxy groups -OCH3 is 1. The number of urea groups is 1. The monoisotopic (exact) mass is 570 g/mol. The molecule has 4 rings (SSSR count). The number of carbonyl (C=O) groups excluding carboxylic acids is 2. The summed E-state index contributed by atoms with van der Waals surface area (Å²) in [5.74, 6) is 1.41. The van der Waals surface area contributed by atoms with Gasteiger partial charge in [-0.15, -0.1) is 0 Å². The van der Waals surface area contributed by atoms with Crippen molar-refractivity contribution in [2.45, 2.75) is 13.3 Å². The summed E-state index contributed by atoms with van der Waals surface area (Å²) >= 11 is 6.49. The number of pyridine rings is 1. The van der Waals surface area contributed by atoms with Gasteiger partial charge in [-0.05, 0) is 61.4 Å². The molecule has 0 aliphatic carbocycles. The molecular formula is C32H31ClN4O4. The zero-order valence-electron chi connectivity index (χ0n) is 22.9. The Morgan fingerprint density at radius 1 is 1.12 bits per heavy atom. The molecule has 0 saturated heterocycles. The highest BCUT2D eigenvalue weighted by molar-refractivity contribution is 6.34. The molecule has 0 spiro atoms. The Labute approximate surface area is 244 Å². The first-order valence-corrected chi connectivity index (χ1v) is 13.3. The third-order valence-corrected chi connectivity index (χ3v) is 6.79. The number of ether oxygens (including phenoxy) is 2. The summed E-state index contributed by atoms with van der Waals surface area (Å²) in [5.41, 5.74) is 4.38. The van der Waals surface area contributed by atoms with Crippen molar-refractivity contribution in [2.24, 2.45) is 0 Å². The fraction of sp³-hybridized carbons (Fsp3) is 0.156. The lowest BCUT2D eigenvalue weighted by Gasteiger charge is -2.27. The van der Waals surface area contributed by atoms with E-state index in [0.29, 0.717) is 53.2 Å². The number of nitrogens with zero attached hydrogens (tertiary/aromatic N) is 2.